The maximum atomic E-state index is 5.87. The SMILES string of the molecule is CCc1ccc(-c2nc3c(N4CCN(CCOc5cccc(N)c5)CC4)cccc3[nH]2)cc1. The number of imidazole rings is 1. The van der Waals surface area contributed by atoms with Gasteiger partial charge < -0.3 is 20.4 Å². The third-order valence-electron chi connectivity index (χ3n) is 6.37. The van der Waals surface area contributed by atoms with E-state index in [9.17, 15) is 0 Å². The normalized spacial score (nSPS) is 14.6. The lowest BCUT2D eigenvalue weighted by Crippen LogP contribution is -2.47. The summed E-state index contributed by atoms with van der Waals surface area (Å²) in [7, 11) is 0. The average Bonchev–Trinajstić information content (AvgIpc) is 3.29. The Morgan fingerprint density at radius 1 is 0.970 bits per heavy atom. The molecular weight excluding hydrogens is 410 g/mol. The molecule has 0 radical (unpaired) electrons. The van der Waals surface area contributed by atoms with Crippen molar-refractivity contribution in [3.05, 3.63) is 72.3 Å². The summed E-state index contributed by atoms with van der Waals surface area (Å²) in [6.07, 6.45) is 1.05. The Morgan fingerprint density at radius 2 is 1.76 bits per heavy atom. The molecule has 4 aromatic rings. The van der Waals surface area contributed by atoms with Crippen molar-refractivity contribution >= 4 is 22.4 Å². The van der Waals surface area contributed by atoms with Gasteiger partial charge in [-0.1, -0.05) is 43.3 Å². The van der Waals surface area contributed by atoms with Crippen LogP contribution in [0, 0.1) is 0 Å². The van der Waals surface area contributed by atoms with Crippen molar-refractivity contribution in [2.45, 2.75) is 13.3 Å². The first kappa shape index (κ1) is 21.3. The van der Waals surface area contributed by atoms with Gasteiger partial charge in [0.2, 0.25) is 0 Å². The van der Waals surface area contributed by atoms with Crippen molar-refractivity contribution in [1.29, 1.82) is 0 Å². The molecule has 0 bridgehead atoms. The van der Waals surface area contributed by atoms with Crippen LogP contribution in [-0.2, 0) is 6.42 Å². The summed E-state index contributed by atoms with van der Waals surface area (Å²) < 4.78 is 5.87. The van der Waals surface area contributed by atoms with E-state index in [-0.39, 0.29) is 0 Å². The van der Waals surface area contributed by atoms with E-state index in [4.69, 9.17) is 15.5 Å². The van der Waals surface area contributed by atoms with Gasteiger partial charge in [-0.3, -0.25) is 4.90 Å². The Morgan fingerprint density at radius 3 is 2.52 bits per heavy atom. The summed E-state index contributed by atoms with van der Waals surface area (Å²) in [5.41, 5.74) is 12.4. The predicted molar refractivity (Wildman–Crippen MR) is 136 cm³/mol. The summed E-state index contributed by atoms with van der Waals surface area (Å²) >= 11 is 0. The molecule has 0 aliphatic carbocycles. The van der Waals surface area contributed by atoms with E-state index in [0.717, 1.165) is 73.0 Å². The second kappa shape index (κ2) is 9.55. The Bertz CT molecular complexity index is 1210. The molecule has 1 aliphatic heterocycles. The van der Waals surface area contributed by atoms with Gasteiger partial charge in [0.15, 0.2) is 0 Å². The van der Waals surface area contributed by atoms with Gasteiger partial charge in [0, 0.05) is 50.0 Å². The number of rotatable bonds is 7. The number of nitrogens with one attached hydrogen (secondary N) is 1. The lowest BCUT2D eigenvalue weighted by Gasteiger charge is -2.36. The molecule has 1 saturated heterocycles. The maximum Gasteiger partial charge on any atom is 0.138 e. The fraction of sp³-hybridized carbons (Fsp3) is 0.296. The fourth-order valence-corrected chi connectivity index (χ4v) is 4.42. The molecule has 0 saturated carbocycles. The van der Waals surface area contributed by atoms with E-state index in [1.807, 2.05) is 24.3 Å². The number of hydrogen-bond acceptors (Lipinski definition) is 5. The molecule has 1 aliphatic rings. The minimum Gasteiger partial charge on any atom is -0.492 e. The number of nitrogen functional groups attached to an aromatic ring is 1. The van der Waals surface area contributed by atoms with Crippen molar-refractivity contribution in [3.63, 3.8) is 0 Å². The number of para-hydroxylation sites is 1. The summed E-state index contributed by atoms with van der Waals surface area (Å²) in [5.74, 6) is 1.76. The van der Waals surface area contributed by atoms with Crippen LogP contribution in [0.25, 0.3) is 22.4 Å². The van der Waals surface area contributed by atoms with Gasteiger partial charge in [0.05, 0.1) is 11.2 Å². The molecule has 5 rings (SSSR count). The van der Waals surface area contributed by atoms with Crippen molar-refractivity contribution in [2.75, 3.05) is 50.0 Å². The second-order valence-electron chi connectivity index (χ2n) is 8.56. The van der Waals surface area contributed by atoms with Gasteiger partial charge in [-0.25, -0.2) is 4.98 Å². The standard InChI is InChI=1S/C27H31N5O/c1-2-20-9-11-21(12-10-20)27-29-24-7-4-8-25(26(24)30-27)32-15-13-31(14-16-32)17-18-33-23-6-3-5-22(28)19-23/h3-12,19H,2,13-18,28H2,1H3,(H,29,30). The van der Waals surface area contributed by atoms with Gasteiger partial charge in [-0.05, 0) is 36.2 Å². The maximum absolute atomic E-state index is 5.87. The summed E-state index contributed by atoms with van der Waals surface area (Å²) in [5, 5.41) is 0. The first-order valence-corrected chi connectivity index (χ1v) is 11.7. The highest BCUT2D eigenvalue weighted by Crippen LogP contribution is 2.29. The van der Waals surface area contributed by atoms with Crippen LogP contribution in [0.1, 0.15) is 12.5 Å². The van der Waals surface area contributed by atoms with Crippen LogP contribution in [0.2, 0.25) is 0 Å². The van der Waals surface area contributed by atoms with Crippen molar-refractivity contribution in [3.8, 4) is 17.1 Å². The molecule has 1 fully saturated rings. The summed E-state index contributed by atoms with van der Waals surface area (Å²) in [6, 6.07) is 22.7. The van der Waals surface area contributed by atoms with E-state index >= 15 is 0 Å². The van der Waals surface area contributed by atoms with Crippen LogP contribution in [0.4, 0.5) is 11.4 Å². The number of fused-ring (bicyclic) bond motifs is 1. The van der Waals surface area contributed by atoms with Gasteiger partial charge in [0.1, 0.15) is 23.7 Å². The molecular formula is C27H31N5O. The first-order chi connectivity index (χ1) is 16.2. The Kier molecular flexibility index (Phi) is 6.17. The van der Waals surface area contributed by atoms with Crippen LogP contribution in [0.5, 0.6) is 5.75 Å². The van der Waals surface area contributed by atoms with E-state index < -0.39 is 0 Å². The molecule has 3 N–H and O–H groups in total. The zero-order valence-electron chi connectivity index (χ0n) is 19.1. The number of nitrogens with two attached hydrogens (primary N) is 1. The third-order valence-corrected chi connectivity index (χ3v) is 6.37. The molecule has 170 valence electrons. The molecule has 0 amide bonds. The molecule has 2 heterocycles. The molecule has 6 heteroatoms. The number of aryl methyl sites for hydroxylation is 1. The molecule has 0 spiro atoms. The summed E-state index contributed by atoms with van der Waals surface area (Å²) in [6.45, 7) is 7.72. The molecule has 6 nitrogen and oxygen atoms in total. The van der Waals surface area contributed by atoms with Gasteiger partial charge in [-0.15, -0.1) is 0 Å². The second-order valence-corrected chi connectivity index (χ2v) is 8.56. The van der Waals surface area contributed by atoms with Crippen molar-refractivity contribution < 1.29 is 4.74 Å². The van der Waals surface area contributed by atoms with E-state index in [0.29, 0.717) is 6.61 Å². The van der Waals surface area contributed by atoms with Crippen LogP contribution in [0.15, 0.2) is 66.7 Å². The van der Waals surface area contributed by atoms with Crippen LogP contribution in [0.3, 0.4) is 0 Å². The van der Waals surface area contributed by atoms with Gasteiger partial charge in [0.25, 0.3) is 0 Å². The number of ether oxygens (including phenoxy) is 1. The molecule has 1 aromatic heterocycles. The Balaban J connectivity index is 1.22. The number of nitrogens with zero attached hydrogens (tertiary/aromatic N) is 3. The number of H-pyrrole nitrogens is 1. The molecule has 0 unspecified atom stereocenters. The summed E-state index contributed by atoms with van der Waals surface area (Å²) in [4.78, 5) is 13.4. The van der Waals surface area contributed by atoms with E-state index in [2.05, 4.69) is 64.2 Å². The van der Waals surface area contributed by atoms with E-state index in [1.165, 1.54) is 11.3 Å². The molecule has 3 aromatic carbocycles. The first-order valence-electron chi connectivity index (χ1n) is 11.7. The monoisotopic (exact) mass is 441 g/mol. The van der Waals surface area contributed by atoms with Crippen LogP contribution in [-0.4, -0.2) is 54.2 Å². The highest BCUT2D eigenvalue weighted by atomic mass is 16.5. The van der Waals surface area contributed by atoms with E-state index in [1.54, 1.807) is 0 Å². The van der Waals surface area contributed by atoms with Crippen LogP contribution < -0.4 is 15.4 Å². The average molecular weight is 442 g/mol. The van der Waals surface area contributed by atoms with Gasteiger partial charge in [-0.2, -0.15) is 0 Å². The largest absolute Gasteiger partial charge is 0.492 e. The smallest absolute Gasteiger partial charge is 0.138 e. The number of aromatic amines is 1. The minimum absolute atomic E-state index is 0.665. The number of benzene rings is 3. The number of aromatic nitrogens is 2. The molecule has 33 heavy (non-hydrogen) atoms. The van der Waals surface area contributed by atoms with Gasteiger partial charge >= 0.3 is 0 Å². The predicted octanol–water partition coefficient (Wildman–Crippen LogP) is 4.58. The lowest BCUT2D eigenvalue weighted by molar-refractivity contribution is 0.200. The quantitative estimate of drug-likeness (QED) is 0.411. The highest BCUT2D eigenvalue weighted by molar-refractivity contribution is 5.91. The van der Waals surface area contributed by atoms with Crippen molar-refractivity contribution in [2.24, 2.45) is 0 Å². The zero-order chi connectivity index (χ0) is 22.6. The zero-order valence-corrected chi connectivity index (χ0v) is 19.1. The molecule has 0 atom stereocenters. The number of anilines is 2. The topological polar surface area (TPSA) is 70.4 Å². The number of piperazine rings is 1. The number of hydrogen-bond donors (Lipinski definition) is 2. The van der Waals surface area contributed by atoms with Crippen molar-refractivity contribution in [1.82, 2.24) is 14.9 Å². The third kappa shape index (κ3) is 4.81. The lowest BCUT2D eigenvalue weighted by atomic mass is 10.1. The van der Waals surface area contributed by atoms with Crippen LogP contribution >= 0.6 is 0 Å². The minimum atomic E-state index is 0.665. The fourth-order valence-electron chi connectivity index (χ4n) is 4.42. The highest BCUT2D eigenvalue weighted by Gasteiger charge is 2.20. The Labute approximate surface area is 195 Å². The Hall–Kier alpha value is -3.51.